The van der Waals surface area contributed by atoms with E-state index in [1.807, 2.05) is 0 Å². The van der Waals surface area contributed by atoms with Crippen LogP contribution < -0.4 is 10.6 Å². The third-order valence-corrected chi connectivity index (χ3v) is 6.63. The fourth-order valence-corrected chi connectivity index (χ4v) is 4.86. The second-order valence-electron chi connectivity index (χ2n) is 8.61. The van der Waals surface area contributed by atoms with Crippen molar-refractivity contribution in [2.75, 3.05) is 53.0 Å². The monoisotopic (exact) mass is 372 g/mol. The number of hydrogen-bond donors (Lipinski definition) is 2. The highest BCUT2D eigenvalue weighted by Crippen LogP contribution is 2.29. The van der Waals surface area contributed by atoms with Crippen LogP contribution in [0.15, 0.2) is 24.3 Å². The molecule has 0 aromatic heterocycles. The number of piperazine rings is 1. The van der Waals surface area contributed by atoms with Crippen molar-refractivity contribution in [1.82, 2.24) is 20.4 Å². The lowest BCUT2D eigenvalue weighted by molar-refractivity contribution is 0.0524. The smallest absolute Gasteiger partial charge is 0.0623 e. The standard InChI is InChI=1S/C22H36N4O/c1-25-10-12-26(13-11-25)16-19-7-5-18(6-8-19)15-24-21-4-2-3-20(21)22-17-27-14-9-23-22/h5-8,20-24H,2-4,9-17H2,1H3. The van der Waals surface area contributed by atoms with E-state index in [4.69, 9.17) is 4.74 Å². The maximum absolute atomic E-state index is 5.69. The van der Waals surface area contributed by atoms with Gasteiger partial charge in [0, 0.05) is 57.9 Å². The van der Waals surface area contributed by atoms with Crippen molar-refractivity contribution in [3.05, 3.63) is 35.4 Å². The molecular formula is C22H36N4O. The molecule has 0 radical (unpaired) electrons. The van der Waals surface area contributed by atoms with Crippen LogP contribution in [0.1, 0.15) is 30.4 Å². The van der Waals surface area contributed by atoms with Crippen LogP contribution in [0.5, 0.6) is 0 Å². The van der Waals surface area contributed by atoms with Crippen LogP contribution in [-0.2, 0) is 17.8 Å². The molecule has 150 valence electrons. The Morgan fingerprint density at radius 2 is 1.85 bits per heavy atom. The van der Waals surface area contributed by atoms with Crippen molar-refractivity contribution in [3.63, 3.8) is 0 Å². The van der Waals surface area contributed by atoms with Crippen molar-refractivity contribution < 1.29 is 4.74 Å². The first-order valence-corrected chi connectivity index (χ1v) is 10.8. The first kappa shape index (κ1) is 19.3. The number of nitrogens with zero attached hydrogens (tertiary/aromatic N) is 2. The Labute approximate surface area is 164 Å². The summed E-state index contributed by atoms with van der Waals surface area (Å²) in [5.41, 5.74) is 2.83. The van der Waals surface area contributed by atoms with Gasteiger partial charge >= 0.3 is 0 Å². The lowest BCUT2D eigenvalue weighted by Gasteiger charge is -2.33. The molecule has 2 aliphatic heterocycles. The van der Waals surface area contributed by atoms with Crippen molar-refractivity contribution in [2.45, 2.75) is 44.4 Å². The minimum Gasteiger partial charge on any atom is -0.379 e. The van der Waals surface area contributed by atoms with Crippen LogP contribution in [0, 0.1) is 5.92 Å². The summed E-state index contributed by atoms with van der Waals surface area (Å²) >= 11 is 0. The minimum atomic E-state index is 0.532. The van der Waals surface area contributed by atoms with E-state index < -0.39 is 0 Å². The normalized spacial score (nSPS) is 30.6. The Morgan fingerprint density at radius 1 is 1.07 bits per heavy atom. The van der Waals surface area contributed by atoms with Crippen LogP contribution in [0.2, 0.25) is 0 Å². The van der Waals surface area contributed by atoms with Gasteiger partial charge in [-0.15, -0.1) is 0 Å². The van der Waals surface area contributed by atoms with Gasteiger partial charge in [0.1, 0.15) is 0 Å². The van der Waals surface area contributed by atoms with E-state index in [9.17, 15) is 0 Å². The topological polar surface area (TPSA) is 39.8 Å². The van der Waals surface area contributed by atoms with Crippen LogP contribution in [0.25, 0.3) is 0 Å². The van der Waals surface area contributed by atoms with Gasteiger partial charge in [0.2, 0.25) is 0 Å². The summed E-state index contributed by atoms with van der Waals surface area (Å²) < 4.78 is 5.69. The van der Waals surface area contributed by atoms with E-state index in [0.29, 0.717) is 18.0 Å². The van der Waals surface area contributed by atoms with Gasteiger partial charge in [-0.2, -0.15) is 0 Å². The van der Waals surface area contributed by atoms with Crippen LogP contribution in [0.3, 0.4) is 0 Å². The van der Waals surface area contributed by atoms with E-state index in [1.165, 1.54) is 56.6 Å². The van der Waals surface area contributed by atoms with Crippen molar-refractivity contribution in [2.24, 2.45) is 5.92 Å². The van der Waals surface area contributed by atoms with Gasteiger partial charge in [-0.05, 0) is 36.9 Å². The number of hydrogen-bond acceptors (Lipinski definition) is 5. The minimum absolute atomic E-state index is 0.532. The van der Waals surface area contributed by atoms with Crippen LogP contribution >= 0.6 is 0 Å². The molecule has 3 atom stereocenters. The summed E-state index contributed by atoms with van der Waals surface area (Å²) in [5, 5.41) is 7.50. The molecular weight excluding hydrogens is 336 g/mol. The van der Waals surface area contributed by atoms with E-state index in [0.717, 1.165) is 32.8 Å². The predicted octanol–water partition coefficient (Wildman–Crippen LogP) is 1.68. The Balaban J connectivity index is 1.24. The molecule has 5 heteroatoms. The van der Waals surface area contributed by atoms with E-state index in [-0.39, 0.29) is 0 Å². The Kier molecular flexibility index (Phi) is 6.79. The first-order valence-electron chi connectivity index (χ1n) is 10.8. The molecule has 1 saturated carbocycles. The van der Waals surface area contributed by atoms with E-state index in [2.05, 4.69) is 51.7 Å². The molecule has 2 saturated heterocycles. The van der Waals surface area contributed by atoms with Crippen molar-refractivity contribution in [1.29, 1.82) is 0 Å². The molecule has 3 unspecified atom stereocenters. The zero-order chi connectivity index (χ0) is 18.5. The molecule has 0 spiro atoms. The number of likely N-dealkylation sites (N-methyl/N-ethyl adjacent to an activating group) is 1. The number of benzene rings is 1. The highest BCUT2D eigenvalue weighted by Gasteiger charge is 2.34. The molecule has 27 heavy (non-hydrogen) atoms. The second kappa shape index (κ2) is 9.48. The zero-order valence-electron chi connectivity index (χ0n) is 16.8. The maximum atomic E-state index is 5.69. The molecule has 1 aliphatic carbocycles. The zero-order valence-corrected chi connectivity index (χ0v) is 16.8. The summed E-state index contributed by atoms with van der Waals surface area (Å²) in [4.78, 5) is 4.98. The lowest BCUT2D eigenvalue weighted by atomic mass is 9.94. The van der Waals surface area contributed by atoms with Crippen molar-refractivity contribution in [3.8, 4) is 0 Å². The average Bonchev–Trinajstić information content (AvgIpc) is 3.19. The summed E-state index contributed by atoms with van der Waals surface area (Å²) in [6, 6.07) is 10.4. The predicted molar refractivity (Wildman–Crippen MR) is 110 cm³/mol. The Hall–Kier alpha value is -0.980. The highest BCUT2D eigenvalue weighted by molar-refractivity contribution is 5.22. The number of morpholine rings is 1. The third-order valence-electron chi connectivity index (χ3n) is 6.63. The summed E-state index contributed by atoms with van der Waals surface area (Å²) in [7, 11) is 2.21. The van der Waals surface area contributed by atoms with Gasteiger partial charge in [0.25, 0.3) is 0 Å². The molecule has 4 rings (SSSR count). The summed E-state index contributed by atoms with van der Waals surface area (Å²) in [6.07, 6.45) is 3.96. The highest BCUT2D eigenvalue weighted by atomic mass is 16.5. The molecule has 2 N–H and O–H groups in total. The summed E-state index contributed by atoms with van der Waals surface area (Å²) in [6.45, 7) is 9.54. The molecule has 0 amide bonds. The largest absolute Gasteiger partial charge is 0.379 e. The second-order valence-corrected chi connectivity index (χ2v) is 8.61. The Bertz CT molecular complexity index is 564. The molecule has 3 aliphatic rings. The fraction of sp³-hybridized carbons (Fsp3) is 0.727. The van der Waals surface area contributed by atoms with Gasteiger partial charge in [0.05, 0.1) is 13.2 Å². The van der Waals surface area contributed by atoms with Crippen LogP contribution in [0.4, 0.5) is 0 Å². The van der Waals surface area contributed by atoms with Gasteiger partial charge in [-0.3, -0.25) is 4.90 Å². The SMILES string of the molecule is CN1CCN(Cc2ccc(CNC3CCCC3C3COCCN3)cc2)CC1. The molecule has 2 heterocycles. The molecule has 0 bridgehead atoms. The number of nitrogens with one attached hydrogen (secondary N) is 2. The maximum Gasteiger partial charge on any atom is 0.0623 e. The van der Waals surface area contributed by atoms with Gasteiger partial charge in [0.15, 0.2) is 0 Å². The molecule has 1 aromatic carbocycles. The first-order chi connectivity index (χ1) is 13.3. The van der Waals surface area contributed by atoms with Gasteiger partial charge in [-0.25, -0.2) is 0 Å². The van der Waals surface area contributed by atoms with Gasteiger partial charge in [-0.1, -0.05) is 30.7 Å². The molecule has 5 nitrogen and oxygen atoms in total. The van der Waals surface area contributed by atoms with Gasteiger partial charge < -0.3 is 20.3 Å². The summed E-state index contributed by atoms with van der Waals surface area (Å²) in [5.74, 6) is 0.710. The third kappa shape index (κ3) is 5.30. The average molecular weight is 373 g/mol. The van der Waals surface area contributed by atoms with Crippen molar-refractivity contribution >= 4 is 0 Å². The molecule has 1 aromatic rings. The van der Waals surface area contributed by atoms with E-state index >= 15 is 0 Å². The molecule has 3 fully saturated rings. The van der Waals surface area contributed by atoms with Crippen LogP contribution in [-0.4, -0.2) is 74.9 Å². The Morgan fingerprint density at radius 3 is 2.59 bits per heavy atom. The number of ether oxygens (including phenoxy) is 1. The quantitative estimate of drug-likeness (QED) is 0.795. The fourth-order valence-electron chi connectivity index (χ4n) is 4.86. The number of rotatable bonds is 6. The lowest BCUT2D eigenvalue weighted by Crippen LogP contribution is -2.50. The van der Waals surface area contributed by atoms with E-state index in [1.54, 1.807) is 0 Å².